The Morgan fingerprint density at radius 3 is 2.50 bits per heavy atom. The first-order valence-corrected chi connectivity index (χ1v) is 11.9. The van der Waals surface area contributed by atoms with Gasteiger partial charge in [-0.15, -0.1) is 0 Å². The molecule has 0 aromatic heterocycles. The van der Waals surface area contributed by atoms with E-state index in [1.807, 2.05) is 0 Å². The molecule has 1 heterocycles. The molecule has 1 aliphatic heterocycles. The van der Waals surface area contributed by atoms with Crippen molar-refractivity contribution < 1.29 is 19.7 Å². The predicted molar refractivity (Wildman–Crippen MR) is 102 cm³/mol. The van der Waals surface area contributed by atoms with Gasteiger partial charge in [-0.2, -0.15) is 0 Å². The second-order valence-corrected chi connectivity index (χ2v) is 12.2. The zero-order valence-electron chi connectivity index (χ0n) is 17.2. The lowest BCUT2D eigenvalue weighted by Gasteiger charge is -2.64. The predicted octanol–water partition coefficient (Wildman–Crippen LogP) is 3.29. The normalized spacial score (nSPS) is 68.6. The lowest BCUT2D eigenvalue weighted by Crippen LogP contribution is -2.65. The van der Waals surface area contributed by atoms with E-state index < -0.39 is 11.9 Å². The summed E-state index contributed by atoms with van der Waals surface area (Å²) >= 11 is 0. The first-order valence-electron chi connectivity index (χ1n) is 11.9. The molecule has 4 nitrogen and oxygen atoms in total. The minimum Gasteiger partial charge on any atom is -0.389 e. The summed E-state index contributed by atoms with van der Waals surface area (Å²) in [6.07, 6.45) is 7.94. The minimum atomic E-state index is -0.749. The Labute approximate surface area is 167 Å². The lowest BCUT2D eigenvalue weighted by atomic mass is 9.42. The number of rotatable bonds is 0. The summed E-state index contributed by atoms with van der Waals surface area (Å²) in [5.41, 5.74) is -0.751. The number of hydrogen-bond acceptors (Lipinski definition) is 4. The van der Waals surface area contributed by atoms with Crippen LogP contribution in [0.25, 0.3) is 0 Å². The van der Waals surface area contributed by atoms with Crippen LogP contribution in [0.4, 0.5) is 0 Å². The standard InChI is InChI=1S/C24H34O4/c1-21-6-3-12(25)11-23(21,27)16-9-13(16)19-15(21)4-7-22(2)20(19)14-10-17(14)24(22)8-5-18(26)28-24/h13-20,26-27H,3-11H2,1-2H3/t13-,14+,15+,16+,17-,18?,19+,20+,21+,22-,23+,24-/m0/s1. The molecule has 7 aliphatic rings. The topological polar surface area (TPSA) is 66.8 Å². The van der Waals surface area contributed by atoms with Crippen molar-refractivity contribution >= 4 is 5.78 Å². The molecule has 0 bridgehead atoms. The number of ketones is 1. The van der Waals surface area contributed by atoms with Gasteiger partial charge in [0, 0.05) is 30.1 Å². The van der Waals surface area contributed by atoms with Crippen molar-refractivity contribution in [3.05, 3.63) is 0 Å². The Hall–Kier alpha value is -0.450. The molecular formula is C24H34O4. The van der Waals surface area contributed by atoms with Gasteiger partial charge in [-0.1, -0.05) is 13.8 Å². The van der Waals surface area contributed by atoms with Gasteiger partial charge in [-0.05, 0) is 80.0 Å². The summed E-state index contributed by atoms with van der Waals surface area (Å²) in [7, 11) is 0. The van der Waals surface area contributed by atoms with E-state index in [0.717, 1.165) is 44.4 Å². The van der Waals surface area contributed by atoms with Crippen molar-refractivity contribution in [1.29, 1.82) is 0 Å². The SMILES string of the molecule is C[C@]12CC[C@@H]3[C@@H]([C@H]4C[C@H]4[C@]4(O)CC(=O)CC[C@]34C)[C@H]1[C@@H]1C[C@@H]1[C@@]21CCC(O)O1. The van der Waals surface area contributed by atoms with Crippen molar-refractivity contribution in [3.8, 4) is 0 Å². The molecule has 1 unspecified atom stereocenters. The summed E-state index contributed by atoms with van der Waals surface area (Å²) in [6, 6.07) is 0. The summed E-state index contributed by atoms with van der Waals surface area (Å²) in [6.45, 7) is 4.82. The number of fused-ring (bicyclic) bond motifs is 12. The van der Waals surface area contributed by atoms with Crippen LogP contribution in [-0.2, 0) is 9.53 Å². The summed E-state index contributed by atoms with van der Waals surface area (Å²) in [5, 5.41) is 22.1. The molecule has 4 heteroatoms. The highest BCUT2D eigenvalue weighted by atomic mass is 16.6. The first-order chi connectivity index (χ1) is 13.3. The molecule has 1 saturated heterocycles. The molecule has 0 aromatic carbocycles. The fourth-order valence-corrected chi connectivity index (χ4v) is 10.5. The molecular weight excluding hydrogens is 352 g/mol. The molecule has 0 radical (unpaired) electrons. The summed E-state index contributed by atoms with van der Waals surface area (Å²) in [5.74, 6) is 4.58. The maximum Gasteiger partial charge on any atom is 0.155 e. The van der Waals surface area contributed by atoms with Crippen molar-refractivity contribution in [2.75, 3.05) is 0 Å². The van der Waals surface area contributed by atoms with Gasteiger partial charge in [0.25, 0.3) is 0 Å². The van der Waals surface area contributed by atoms with E-state index in [-0.39, 0.29) is 22.2 Å². The molecule has 28 heavy (non-hydrogen) atoms. The van der Waals surface area contributed by atoms with Crippen LogP contribution in [0, 0.1) is 52.3 Å². The number of ether oxygens (including phenoxy) is 1. The summed E-state index contributed by atoms with van der Waals surface area (Å²) in [4.78, 5) is 12.3. The number of Topliss-reactive ketones (excluding diaryl/α,β-unsaturated/α-hetero) is 1. The van der Waals surface area contributed by atoms with Gasteiger partial charge in [0.1, 0.15) is 5.78 Å². The number of carbonyl (C=O) groups excluding carboxylic acids is 1. The smallest absolute Gasteiger partial charge is 0.155 e. The van der Waals surface area contributed by atoms with Crippen molar-refractivity contribution in [2.24, 2.45) is 52.3 Å². The van der Waals surface area contributed by atoms with Gasteiger partial charge in [0.2, 0.25) is 0 Å². The maximum absolute atomic E-state index is 12.3. The molecule has 7 fully saturated rings. The second kappa shape index (κ2) is 4.73. The van der Waals surface area contributed by atoms with Crippen molar-refractivity contribution in [1.82, 2.24) is 0 Å². The molecule has 12 atom stereocenters. The molecule has 6 saturated carbocycles. The highest BCUT2D eigenvalue weighted by Gasteiger charge is 2.82. The van der Waals surface area contributed by atoms with E-state index in [1.165, 1.54) is 6.42 Å². The Morgan fingerprint density at radius 1 is 0.964 bits per heavy atom. The molecule has 7 rings (SSSR count). The fraction of sp³-hybridized carbons (Fsp3) is 0.958. The van der Waals surface area contributed by atoms with E-state index in [2.05, 4.69) is 13.8 Å². The third kappa shape index (κ3) is 1.62. The van der Waals surface area contributed by atoms with Crippen LogP contribution in [0.2, 0.25) is 0 Å². The van der Waals surface area contributed by atoms with Gasteiger partial charge < -0.3 is 14.9 Å². The molecule has 2 N–H and O–H groups in total. The van der Waals surface area contributed by atoms with Crippen LogP contribution < -0.4 is 0 Å². The van der Waals surface area contributed by atoms with E-state index in [4.69, 9.17) is 4.74 Å². The molecule has 1 spiro atoms. The van der Waals surface area contributed by atoms with E-state index in [1.54, 1.807) is 0 Å². The average molecular weight is 387 g/mol. The van der Waals surface area contributed by atoms with Gasteiger partial charge in [0.15, 0.2) is 6.29 Å². The van der Waals surface area contributed by atoms with Gasteiger partial charge >= 0.3 is 0 Å². The quantitative estimate of drug-likeness (QED) is 0.670. The minimum absolute atomic E-state index is 0.0890. The zero-order valence-corrected chi connectivity index (χ0v) is 17.2. The van der Waals surface area contributed by atoms with Crippen LogP contribution in [0.3, 0.4) is 0 Å². The van der Waals surface area contributed by atoms with E-state index >= 15 is 0 Å². The number of carbonyl (C=O) groups is 1. The Bertz CT molecular complexity index is 781. The zero-order chi connectivity index (χ0) is 19.3. The van der Waals surface area contributed by atoms with Crippen LogP contribution in [0.5, 0.6) is 0 Å². The highest BCUT2D eigenvalue weighted by Crippen LogP contribution is 2.83. The van der Waals surface area contributed by atoms with Gasteiger partial charge in [0.05, 0.1) is 11.2 Å². The number of hydrogen-bond donors (Lipinski definition) is 2. The van der Waals surface area contributed by atoms with Gasteiger partial charge in [-0.25, -0.2) is 0 Å². The van der Waals surface area contributed by atoms with Gasteiger partial charge in [-0.3, -0.25) is 4.79 Å². The van der Waals surface area contributed by atoms with Crippen LogP contribution >= 0.6 is 0 Å². The average Bonchev–Trinajstić information content (AvgIpc) is 3.54. The van der Waals surface area contributed by atoms with Crippen molar-refractivity contribution in [3.63, 3.8) is 0 Å². The summed E-state index contributed by atoms with van der Waals surface area (Å²) < 4.78 is 6.39. The first kappa shape index (κ1) is 17.3. The lowest BCUT2D eigenvalue weighted by molar-refractivity contribution is -0.238. The molecule has 154 valence electrons. The van der Waals surface area contributed by atoms with E-state index in [0.29, 0.717) is 48.3 Å². The Balaban J connectivity index is 1.32. The highest BCUT2D eigenvalue weighted by molar-refractivity contribution is 5.81. The largest absolute Gasteiger partial charge is 0.389 e. The third-order valence-electron chi connectivity index (χ3n) is 11.7. The van der Waals surface area contributed by atoms with Crippen LogP contribution in [0.15, 0.2) is 0 Å². The fourth-order valence-electron chi connectivity index (χ4n) is 10.5. The molecule has 0 aromatic rings. The Morgan fingerprint density at radius 2 is 1.75 bits per heavy atom. The molecule has 0 amide bonds. The van der Waals surface area contributed by atoms with E-state index in [9.17, 15) is 15.0 Å². The maximum atomic E-state index is 12.3. The second-order valence-electron chi connectivity index (χ2n) is 12.2. The van der Waals surface area contributed by atoms with Crippen molar-refractivity contribution in [2.45, 2.75) is 89.1 Å². The van der Waals surface area contributed by atoms with Crippen LogP contribution in [-0.4, -0.2) is 33.5 Å². The Kier molecular flexibility index (Phi) is 2.91. The molecule has 6 aliphatic carbocycles. The third-order valence-corrected chi connectivity index (χ3v) is 11.7. The number of aliphatic hydroxyl groups is 2. The van der Waals surface area contributed by atoms with Crippen LogP contribution in [0.1, 0.15) is 71.6 Å². The monoisotopic (exact) mass is 386 g/mol. The number of aliphatic hydroxyl groups excluding tert-OH is 1.